The van der Waals surface area contributed by atoms with Gasteiger partial charge in [0.1, 0.15) is 5.69 Å². The van der Waals surface area contributed by atoms with Crippen LogP contribution in [0, 0.1) is 11.8 Å². The molecule has 7 heteroatoms. The quantitative estimate of drug-likeness (QED) is 0.838. The van der Waals surface area contributed by atoms with Gasteiger partial charge in [0, 0.05) is 19.3 Å². The average molecular weight is 305 g/mol. The molecule has 2 heterocycles. The van der Waals surface area contributed by atoms with Crippen molar-refractivity contribution >= 4 is 17.8 Å². The van der Waals surface area contributed by atoms with E-state index in [9.17, 15) is 14.4 Å². The number of nitrogens with one attached hydrogen (secondary N) is 1. The van der Waals surface area contributed by atoms with Crippen molar-refractivity contribution in [2.24, 2.45) is 11.8 Å². The molecule has 1 aromatic rings. The van der Waals surface area contributed by atoms with E-state index < -0.39 is 17.8 Å². The van der Waals surface area contributed by atoms with Crippen LogP contribution >= 0.6 is 0 Å². The van der Waals surface area contributed by atoms with Crippen LogP contribution in [0.5, 0.6) is 0 Å². The number of piperidine rings is 1. The van der Waals surface area contributed by atoms with Crippen LogP contribution in [0.1, 0.15) is 23.8 Å². The lowest BCUT2D eigenvalue weighted by atomic mass is 9.90. The lowest BCUT2D eigenvalue weighted by molar-refractivity contribution is -0.146. The van der Waals surface area contributed by atoms with E-state index in [1.165, 1.54) is 11.1 Å². The monoisotopic (exact) mass is 305 g/mol. The molecular formula is C15H19N3O4. The number of amides is 2. The number of hydrogen-bond acceptors (Lipinski definition) is 4. The second-order valence-corrected chi connectivity index (χ2v) is 5.57. The molecule has 118 valence electrons. The number of rotatable bonds is 4. The van der Waals surface area contributed by atoms with E-state index in [0.29, 0.717) is 13.0 Å². The van der Waals surface area contributed by atoms with Crippen molar-refractivity contribution in [2.45, 2.75) is 13.3 Å². The summed E-state index contributed by atoms with van der Waals surface area (Å²) in [4.78, 5) is 40.5. The molecule has 1 saturated heterocycles. The summed E-state index contributed by atoms with van der Waals surface area (Å²) in [5.74, 6) is -2.00. The minimum Gasteiger partial charge on any atom is -0.481 e. The Bertz CT molecular complexity index is 561. The highest BCUT2D eigenvalue weighted by molar-refractivity contribution is 5.94. The summed E-state index contributed by atoms with van der Waals surface area (Å²) in [6, 6.07) is 4.94. The van der Waals surface area contributed by atoms with Gasteiger partial charge in [0.25, 0.3) is 5.91 Å². The number of nitrogens with zero attached hydrogens (tertiary/aromatic N) is 2. The Morgan fingerprint density at radius 1 is 1.36 bits per heavy atom. The highest BCUT2D eigenvalue weighted by atomic mass is 16.4. The van der Waals surface area contributed by atoms with Gasteiger partial charge in [-0.2, -0.15) is 0 Å². The molecule has 0 aromatic carbocycles. The normalized spacial score (nSPS) is 21.2. The molecule has 0 spiro atoms. The molecule has 0 radical (unpaired) electrons. The van der Waals surface area contributed by atoms with Gasteiger partial charge in [-0.25, -0.2) is 0 Å². The van der Waals surface area contributed by atoms with Crippen molar-refractivity contribution in [3.8, 4) is 0 Å². The summed E-state index contributed by atoms with van der Waals surface area (Å²) < 4.78 is 0. The first-order valence-electron chi connectivity index (χ1n) is 7.17. The van der Waals surface area contributed by atoms with Crippen LogP contribution in [0.25, 0.3) is 0 Å². The molecule has 0 aliphatic carbocycles. The summed E-state index contributed by atoms with van der Waals surface area (Å²) in [7, 11) is 0. The van der Waals surface area contributed by atoms with Crippen molar-refractivity contribution in [1.82, 2.24) is 15.2 Å². The Labute approximate surface area is 128 Å². The topological polar surface area (TPSA) is 99.6 Å². The highest BCUT2D eigenvalue weighted by Gasteiger charge is 2.31. The van der Waals surface area contributed by atoms with E-state index in [0.717, 1.165) is 0 Å². The van der Waals surface area contributed by atoms with E-state index in [2.05, 4.69) is 10.3 Å². The van der Waals surface area contributed by atoms with Crippen LogP contribution in [0.2, 0.25) is 0 Å². The lowest BCUT2D eigenvalue weighted by Crippen LogP contribution is -2.48. The van der Waals surface area contributed by atoms with E-state index in [1.807, 2.05) is 6.92 Å². The number of carboxylic acid groups (broad SMARTS) is 1. The van der Waals surface area contributed by atoms with Crippen molar-refractivity contribution in [2.75, 3.05) is 19.6 Å². The first kappa shape index (κ1) is 15.9. The van der Waals surface area contributed by atoms with Crippen LogP contribution in [0.4, 0.5) is 0 Å². The fourth-order valence-corrected chi connectivity index (χ4v) is 2.59. The first-order chi connectivity index (χ1) is 10.5. The highest BCUT2D eigenvalue weighted by Crippen LogP contribution is 2.21. The minimum atomic E-state index is -0.887. The van der Waals surface area contributed by atoms with Gasteiger partial charge in [-0.3, -0.25) is 19.4 Å². The summed E-state index contributed by atoms with van der Waals surface area (Å²) >= 11 is 0. The zero-order valence-corrected chi connectivity index (χ0v) is 12.4. The third-order valence-electron chi connectivity index (χ3n) is 3.66. The molecule has 0 bridgehead atoms. The van der Waals surface area contributed by atoms with Crippen molar-refractivity contribution in [3.63, 3.8) is 0 Å². The molecule has 2 unspecified atom stereocenters. The van der Waals surface area contributed by atoms with E-state index >= 15 is 0 Å². The van der Waals surface area contributed by atoms with Crippen molar-refractivity contribution < 1.29 is 19.5 Å². The summed E-state index contributed by atoms with van der Waals surface area (Å²) in [6.45, 7) is 2.47. The number of carbonyl (C=O) groups excluding carboxylic acids is 2. The van der Waals surface area contributed by atoms with Gasteiger partial charge < -0.3 is 15.3 Å². The maximum Gasteiger partial charge on any atom is 0.308 e. The van der Waals surface area contributed by atoms with Gasteiger partial charge >= 0.3 is 5.97 Å². The Hall–Kier alpha value is -2.44. The third kappa shape index (κ3) is 4.03. The van der Waals surface area contributed by atoms with E-state index in [4.69, 9.17) is 5.11 Å². The molecule has 1 aliphatic rings. The van der Waals surface area contributed by atoms with Gasteiger partial charge in [0.05, 0.1) is 12.5 Å². The fourth-order valence-electron chi connectivity index (χ4n) is 2.59. The predicted molar refractivity (Wildman–Crippen MR) is 78.1 cm³/mol. The second kappa shape index (κ2) is 7.02. The lowest BCUT2D eigenvalue weighted by Gasteiger charge is -2.34. The molecule has 0 saturated carbocycles. The zero-order chi connectivity index (χ0) is 16.1. The van der Waals surface area contributed by atoms with Gasteiger partial charge in [0.2, 0.25) is 5.91 Å². The molecule has 2 atom stereocenters. The van der Waals surface area contributed by atoms with Gasteiger partial charge in [0.15, 0.2) is 0 Å². The Balaban J connectivity index is 1.89. The summed E-state index contributed by atoms with van der Waals surface area (Å²) in [5.41, 5.74) is 0.241. The first-order valence-corrected chi connectivity index (χ1v) is 7.17. The second-order valence-electron chi connectivity index (χ2n) is 5.57. The number of aliphatic carboxylic acids is 1. The molecule has 1 aromatic heterocycles. The van der Waals surface area contributed by atoms with Crippen molar-refractivity contribution in [1.29, 1.82) is 0 Å². The molecule has 1 fully saturated rings. The number of aromatic nitrogens is 1. The Morgan fingerprint density at radius 3 is 2.77 bits per heavy atom. The number of pyridine rings is 1. The van der Waals surface area contributed by atoms with Crippen molar-refractivity contribution in [3.05, 3.63) is 30.1 Å². The number of hydrogen-bond donors (Lipinski definition) is 2. The number of carbonyl (C=O) groups is 3. The summed E-state index contributed by atoms with van der Waals surface area (Å²) in [6.07, 6.45) is 2.07. The van der Waals surface area contributed by atoms with Gasteiger partial charge in [-0.05, 0) is 24.5 Å². The smallest absolute Gasteiger partial charge is 0.308 e. The van der Waals surface area contributed by atoms with Gasteiger partial charge in [-0.1, -0.05) is 13.0 Å². The number of carboxylic acids is 1. The summed E-state index contributed by atoms with van der Waals surface area (Å²) in [5, 5.41) is 11.6. The molecule has 1 aliphatic heterocycles. The van der Waals surface area contributed by atoms with E-state index in [-0.39, 0.29) is 30.6 Å². The maximum absolute atomic E-state index is 12.1. The fraction of sp³-hybridized carbons (Fsp3) is 0.467. The van der Waals surface area contributed by atoms with Gasteiger partial charge in [-0.15, -0.1) is 0 Å². The van der Waals surface area contributed by atoms with E-state index in [1.54, 1.807) is 18.2 Å². The predicted octanol–water partition coefficient (Wildman–Crippen LogP) is 0.381. The third-order valence-corrected chi connectivity index (χ3v) is 3.66. The molecule has 22 heavy (non-hydrogen) atoms. The molecular weight excluding hydrogens is 286 g/mol. The molecule has 2 rings (SSSR count). The minimum absolute atomic E-state index is 0.130. The average Bonchev–Trinajstić information content (AvgIpc) is 2.52. The molecule has 2 N–H and O–H groups in total. The molecule has 2 amide bonds. The largest absolute Gasteiger partial charge is 0.481 e. The van der Waals surface area contributed by atoms with Crippen LogP contribution in [-0.2, 0) is 9.59 Å². The molecule has 7 nitrogen and oxygen atoms in total. The van der Waals surface area contributed by atoms with Crippen LogP contribution < -0.4 is 5.32 Å². The zero-order valence-electron chi connectivity index (χ0n) is 12.4. The van der Waals surface area contributed by atoms with Crippen LogP contribution in [0.15, 0.2) is 24.4 Å². The number of likely N-dealkylation sites (tertiary alicyclic amines) is 1. The maximum atomic E-state index is 12.1. The van der Waals surface area contributed by atoms with Crippen LogP contribution in [-0.4, -0.2) is 52.4 Å². The standard InChI is InChI=1S/C15H19N3O4/c1-10-6-11(15(21)22)9-18(8-10)13(19)7-17-14(20)12-4-2-3-5-16-12/h2-5,10-11H,6-9H2,1H3,(H,17,20)(H,21,22). The Kier molecular flexibility index (Phi) is 5.08. The Morgan fingerprint density at radius 2 is 2.14 bits per heavy atom. The SMILES string of the molecule is CC1CC(C(=O)O)CN(C(=O)CNC(=O)c2ccccn2)C1. The van der Waals surface area contributed by atoms with Crippen LogP contribution in [0.3, 0.4) is 0 Å².